The molecule has 5 atom stereocenters. The molecule has 6 nitrogen and oxygen atoms in total. The van der Waals surface area contributed by atoms with Crippen LogP contribution in [0.2, 0.25) is 10.0 Å². The second-order valence-corrected chi connectivity index (χ2v) is 13.6. The summed E-state index contributed by atoms with van der Waals surface area (Å²) >= 11 is 51.8. The number of hydrogen-bond acceptors (Lipinski definition) is 4. The summed E-state index contributed by atoms with van der Waals surface area (Å²) in [6, 6.07) is 10.8. The van der Waals surface area contributed by atoms with Crippen LogP contribution in [0.3, 0.4) is 0 Å². The third kappa shape index (κ3) is 3.77. The maximum atomic E-state index is 14.1. The monoisotopic (exact) mass is 700 g/mol. The molecule has 3 aliphatic rings. The predicted molar refractivity (Wildman–Crippen MR) is 157 cm³/mol. The molecule has 2 bridgehead atoms. The molecule has 0 radical (unpaired) electrons. The molecule has 0 N–H and O–H groups in total. The molecule has 1 saturated carbocycles. The lowest BCUT2D eigenvalue weighted by atomic mass is 9.84. The molecule has 210 valence electrons. The summed E-state index contributed by atoms with van der Waals surface area (Å²) in [7, 11) is 0. The summed E-state index contributed by atoms with van der Waals surface area (Å²) in [5.74, 6) is -6.38. The minimum Gasteiger partial charge on any atom is -0.292 e. The topological polar surface area (TPSA) is 74.8 Å². The van der Waals surface area contributed by atoms with E-state index in [4.69, 9.17) is 92.8 Å². The maximum Gasteiger partial charge on any atom is 0.273 e. The number of Topliss-reactive ketones (excluding diaryl/α,β-unsaturated/α-hetero) is 1. The standard InChI is InChI=1S/C26H16Cl8N2O4/c1-2-15(18(37)11-6-4-3-5-7-11)35(21(38)12-8-9-13(27)14(28)10-12)36-22(39)16-17(23(36)40)25(32)20(30)19(29)24(16,31)26(25,33)34/h3-10,15-17H,2H2,1H3/t15-,16-,17-,24-,25-/m1/s1. The van der Waals surface area contributed by atoms with Crippen LogP contribution >= 0.6 is 92.8 Å². The number of benzene rings is 2. The normalized spacial score (nSPS) is 29.2. The molecule has 1 heterocycles. The van der Waals surface area contributed by atoms with Crippen LogP contribution in [0.4, 0.5) is 0 Å². The molecule has 0 aromatic heterocycles. The number of allylic oxidation sites excluding steroid dienone is 2. The third-order valence-corrected chi connectivity index (χ3v) is 12.5. The number of fused-ring (bicyclic) bond motifs is 5. The van der Waals surface area contributed by atoms with Gasteiger partial charge < -0.3 is 0 Å². The number of hydrogen-bond donors (Lipinski definition) is 0. The average Bonchev–Trinajstić information content (AvgIpc) is 3.31. The number of amides is 3. The summed E-state index contributed by atoms with van der Waals surface area (Å²) in [6.45, 7) is 1.63. The van der Waals surface area contributed by atoms with E-state index in [-0.39, 0.29) is 37.7 Å². The largest absolute Gasteiger partial charge is 0.292 e. The van der Waals surface area contributed by atoms with Gasteiger partial charge in [-0.2, -0.15) is 5.01 Å². The molecule has 14 heteroatoms. The molecule has 2 aromatic carbocycles. The lowest BCUT2D eigenvalue weighted by Crippen LogP contribution is -2.60. The minimum absolute atomic E-state index is 0.0138. The van der Waals surface area contributed by atoms with Crippen molar-refractivity contribution < 1.29 is 19.2 Å². The Morgan fingerprint density at radius 1 is 0.825 bits per heavy atom. The molecule has 2 aliphatic carbocycles. The highest BCUT2D eigenvalue weighted by atomic mass is 35.5. The van der Waals surface area contributed by atoms with Crippen LogP contribution in [0, 0.1) is 11.8 Å². The van der Waals surface area contributed by atoms with Crippen LogP contribution in [-0.4, -0.2) is 53.6 Å². The van der Waals surface area contributed by atoms with Crippen molar-refractivity contribution in [3.63, 3.8) is 0 Å². The molecule has 2 aromatic rings. The van der Waals surface area contributed by atoms with Crippen LogP contribution in [0.25, 0.3) is 0 Å². The van der Waals surface area contributed by atoms with Crippen molar-refractivity contribution in [2.45, 2.75) is 33.5 Å². The number of ketones is 1. The molecule has 2 fully saturated rings. The fourth-order valence-corrected chi connectivity index (χ4v) is 8.82. The number of carbonyl (C=O) groups excluding carboxylic acids is 4. The smallest absolute Gasteiger partial charge is 0.273 e. The Labute approximate surface area is 268 Å². The second kappa shape index (κ2) is 10.2. The Morgan fingerprint density at radius 2 is 1.35 bits per heavy atom. The summed E-state index contributed by atoms with van der Waals surface area (Å²) < 4.78 is -2.16. The third-order valence-electron chi connectivity index (χ3n) is 7.52. The first-order chi connectivity index (χ1) is 18.7. The SMILES string of the molecule is CC[C@H](C(=O)c1ccccc1)N(C(=O)c1ccc(Cl)c(Cl)c1)N1C(=O)[C@H]2[C@H](C1=O)[C@@]1(Cl)C(Cl)=C(Cl)[C@@]2(Cl)C1(Cl)Cl. The summed E-state index contributed by atoms with van der Waals surface area (Å²) in [5.41, 5.74) is 0.199. The number of rotatable bonds is 6. The maximum absolute atomic E-state index is 14.1. The van der Waals surface area contributed by atoms with Crippen molar-refractivity contribution in [3.8, 4) is 0 Å². The Kier molecular flexibility index (Phi) is 7.71. The molecule has 5 rings (SSSR count). The summed E-state index contributed by atoms with van der Waals surface area (Å²) in [5, 5.41) is 1.01. The zero-order valence-corrected chi connectivity index (χ0v) is 26.2. The predicted octanol–water partition coefficient (Wildman–Crippen LogP) is 7.46. The lowest BCUT2D eigenvalue weighted by Gasteiger charge is -2.39. The summed E-state index contributed by atoms with van der Waals surface area (Å²) in [4.78, 5) is 51.9. The van der Waals surface area contributed by atoms with Gasteiger partial charge in [-0.25, -0.2) is 5.01 Å². The first-order valence-electron chi connectivity index (χ1n) is 11.7. The van der Waals surface area contributed by atoms with Gasteiger partial charge in [0.15, 0.2) is 10.1 Å². The van der Waals surface area contributed by atoms with Crippen LogP contribution in [0.5, 0.6) is 0 Å². The zero-order chi connectivity index (χ0) is 29.5. The number of hydrazine groups is 1. The highest BCUT2D eigenvalue weighted by Gasteiger charge is 2.88. The van der Waals surface area contributed by atoms with Crippen molar-refractivity contribution >= 4 is 116 Å². The number of imide groups is 1. The van der Waals surface area contributed by atoms with Gasteiger partial charge in [-0.15, -0.1) is 23.2 Å². The van der Waals surface area contributed by atoms with Gasteiger partial charge in [-0.3, -0.25) is 19.2 Å². The Morgan fingerprint density at radius 3 is 1.82 bits per heavy atom. The van der Waals surface area contributed by atoms with E-state index < -0.39 is 55.5 Å². The molecule has 1 saturated heterocycles. The van der Waals surface area contributed by atoms with E-state index in [1.165, 1.54) is 18.2 Å². The van der Waals surface area contributed by atoms with Crippen molar-refractivity contribution in [2.75, 3.05) is 0 Å². The van der Waals surface area contributed by atoms with Crippen LogP contribution in [-0.2, 0) is 9.59 Å². The van der Waals surface area contributed by atoms with E-state index in [1.54, 1.807) is 37.3 Å². The lowest BCUT2D eigenvalue weighted by molar-refractivity contribution is -0.157. The molecule has 0 unspecified atom stereocenters. The van der Waals surface area contributed by atoms with E-state index >= 15 is 0 Å². The van der Waals surface area contributed by atoms with Crippen molar-refractivity contribution in [1.82, 2.24) is 10.0 Å². The van der Waals surface area contributed by atoms with Gasteiger partial charge in [0.2, 0.25) is 0 Å². The molecule has 0 spiro atoms. The van der Waals surface area contributed by atoms with E-state index in [9.17, 15) is 19.2 Å². The Bertz CT molecular complexity index is 1470. The van der Waals surface area contributed by atoms with Crippen molar-refractivity contribution in [3.05, 3.63) is 79.8 Å². The van der Waals surface area contributed by atoms with Crippen LogP contribution in [0.15, 0.2) is 58.6 Å². The minimum atomic E-state index is -2.16. The molecule has 40 heavy (non-hydrogen) atoms. The first-order valence-corrected chi connectivity index (χ1v) is 14.8. The van der Waals surface area contributed by atoms with Gasteiger partial charge in [0.05, 0.1) is 31.9 Å². The fraction of sp³-hybridized carbons (Fsp3) is 0.308. The van der Waals surface area contributed by atoms with Crippen LogP contribution in [0.1, 0.15) is 34.1 Å². The van der Waals surface area contributed by atoms with E-state index in [1.807, 2.05) is 0 Å². The molecular formula is C26H16Cl8N2O4. The van der Waals surface area contributed by atoms with Gasteiger partial charge in [-0.1, -0.05) is 107 Å². The number of halogens is 8. The van der Waals surface area contributed by atoms with Gasteiger partial charge in [0.25, 0.3) is 17.7 Å². The van der Waals surface area contributed by atoms with E-state index in [2.05, 4.69) is 0 Å². The molecule has 3 amide bonds. The number of carbonyl (C=O) groups is 4. The Hall–Kier alpha value is -1.22. The van der Waals surface area contributed by atoms with E-state index in [0.29, 0.717) is 5.01 Å². The molecular weight excluding hydrogens is 688 g/mol. The van der Waals surface area contributed by atoms with Gasteiger partial charge in [0, 0.05) is 11.1 Å². The van der Waals surface area contributed by atoms with Gasteiger partial charge in [-0.05, 0) is 24.6 Å². The number of nitrogens with zero attached hydrogens (tertiary/aromatic N) is 2. The van der Waals surface area contributed by atoms with E-state index in [0.717, 1.165) is 5.01 Å². The Balaban J connectivity index is 1.67. The highest BCUT2D eigenvalue weighted by molar-refractivity contribution is 6.66. The second-order valence-electron chi connectivity index (χ2n) is 9.50. The highest BCUT2D eigenvalue weighted by Crippen LogP contribution is 2.77. The first kappa shape index (κ1) is 30.2. The quantitative estimate of drug-likeness (QED) is 0.178. The average molecular weight is 704 g/mol. The van der Waals surface area contributed by atoms with Crippen molar-refractivity contribution in [2.24, 2.45) is 11.8 Å². The summed E-state index contributed by atoms with van der Waals surface area (Å²) in [6.07, 6.45) is 0.0138. The van der Waals surface area contributed by atoms with Crippen LogP contribution < -0.4 is 0 Å². The van der Waals surface area contributed by atoms with Gasteiger partial charge >= 0.3 is 0 Å². The fourth-order valence-electron chi connectivity index (χ4n) is 5.59. The molecule has 1 aliphatic heterocycles. The number of alkyl halides is 4. The van der Waals surface area contributed by atoms with Gasteiger partial charge in [0.1, 0.15) is 15.8 Å². The zero-order valence-electron chi connectivity index (χ0n) is 20.1. The van der Waals surface area contributed by atoms with Crippen molar-refractivity contribution in [1.29, 1.82) is 0 Å².